The van der Waals surface area contributed by atoms with Gasteiger partial charge >= 0.3 is 0 Å². The largest absolute Gasteiger partial charge is 0.397 e. The summed E-state index contributed by atoms with van der Waals surface area (Å²) in [7, 11) is 0. The Morgan fingerprint density at radius 3 is 2.79 bits per heavy atom. The molecule has 1 saturated carbocycles. The normalized spacial score (nSPS) is 31.0. The first kappa shape index (κ1) is 12.6. The Morgan fingerprint density at radius 1 is 1.16 bits per heavy atom. The van der Waals surface area contributed by atoms with E-state index in [0.717, 1.165) is 38.0 Å². The van der Waals surface area contributed by atoms with Crippen molar-refractivity contribution < 1.29 is 5.11 Å². The van der Waals surface area contributed by atoms with Crippen LogP contribution in [-0.4, -0.2) is 23.8 Å². The fraction of sp³-hybridized carbons (Fsp3) is 0.600. The van der Waals surface area contributed by atoms with Crippen LogP contribution >= 0.6 is 0 Å². The number of nitrogen functional groups attached to an aromatic ring is 2. The SMILES string of the molecule is Nc1ccc(N2CCC3(O)CCCCC3C2)cc1N. The van der Waals surface area contributed by atoms with Crippen molar-refractivity contribution in [2.45, 2.75) is 37.7 Å². The van der Waals surface area contributed by atoms with Gasteiger partial charge in [0, 0.05) is 24.7 Å². The number of piperidine rings is 1. The third-order valence-electron chi connectivity index (χ3n) is 4.86. The number of rotatable bonds is 1. The number of nitrogens with two attached hydrogens (primary N) is 2. The highest BCUT2D eigenvalue weighted by Gasteiger charge is 2.42. The van der Waals surface area contributed by atoms with Crippen molar-refractivity contribution in [1.82, 2.24) is 0 Å². The van der Waals surface area contributed by atoms with Crippen LogP contribution in [0.1, 0.15) is 32.1 Å². The maximum absolute atomic E-state index is 10.7. The van der Waals surface area contributed by atoms with Crippen molar-refractivity contribution in [3.05, 3.63) is 18.2 Å². The van der Waals surface area contributed by atoms with Crippen LogP contribution in [0.4, 0.5) is 17.1 Å². The molecule has 5 N–H and O–H groups in total. The summed E-state index contributed by atoms with van der Waals surface area (Å²) in [5, 5.41) is 10.7. The van der Waals surface area contributed by atoms with E-state index in [0.29, 0.717) is 17.3 Å². The van der Waals surface area contributed by atoms with Crippen LogP contribution in [0.2, 0.25) is 0 Å². The van der Waals surface area contributed by atoms with Gasteiger partial charge in [0.25, 0.3) is 0 Å². The summed E-state index contributed by atoms with van der Waals surface area (Å²) in [6, 6.07) is 5.84. The van der Waals surface area contributed by atoms with Crippen LogP contribution in [0.3, 0.4) is 0 Å². The van der Waals surface area contributed by atoms with E-state index in [9.17, 15) is 5.11 Å². The second-order valence-electron chi connectivity index (χ2n) is 6.06. The molecule has 1 saturated heterocycles. The Morgan fingerprint density at radius 2 is 2.00 bits per heavy atom. The molecule has 0 bridgehead atoms. The van der Waals surface area contributed by atoms with Crippen LogP contribution in [0.15, 0.2) is 18.2 Å². The maximum atomic E-state index is 10.7. The summed E-state index contributed by atoms with van der Waals surface area (Å²) in [5.74, 6) is 0.397. The minimum Gasteiger partial charge on any atom is -0.397 e. The third kappa shape index (κ3) is 2.25. The molecule has 4 heteroatoms. The van der Waals surface area contributed by atoms with Crippen molar-refractivity contribution in [3.63, 3.8) is 0 Å². The smallest absolute Gasteiger partial charge is 0.0709 e. The Labute approximate surface area is 114 Å². The topological polar surface area (TPSA) is 75.5 Å². The van der Waals surface area contributed by atoms with Gasteiger partial charge in [-0.1, -0.05) is 12.8 Å². The Kier molecular flexibility index (Phi) is 3.05. The van der Waals surface area contributed by atoms with Gasteiger partial charge in [0.05, 0.1) is 17.0 Å². The predicted octanol–water partition coefficient (Wildman–Crippen LogP) is 1.98. The summed E-state index contributed by atoms with van der Waals surface area (Å²) < 4.78 is 0. The quantitative estimate of drug-likeness (QED) is 0.676. The number of aliphatic hydroxyl groups is 1. The van der Waals surface area contributed by atoms with Crippen molar-refractivity contribution >= 4 is 17.1 Å². The molecule has 1 aromatic rings. The monoisotopic (exact) mass is 261 g/mol. The highest BCUT2D eigenvalue weighted by atomic mass is 16.3. The zero-order valence-electron chi connectivity index (χ0n) is 11.3. The number of benzene rings is 1. The van der Waals surface area contributed by atoms with Crippen molar-refractivity contribution in [1.29, 1.82) is 0 Å². The van der Waals surface area contributed by atoms with Crippen molar-refractivity contribution in [2.24, 2.45) is 5.92 Å². The van der Waals surface area contributed by atoms with E-state index in [1.807, 2.05) is 18.2 Å². The summed E-state index contributed by atoms with van der Waals surface area (Å²) in [4.78, 5) is 2.33. The second kappa shape index (κ2) is 4.60. The minimum atomic E-state index is -0.423. The lowest BCUT2D eigenvalue weighted by Crippen LogP contribution is -2.53. The van der Waals surface area contributed by atoms with E-state index in [2.05, 4.69) is 4.90 Å². The molecule has 2 aliphatic rings. The lowest BCUT2D eigenvalue weighted by molar-refractivity contribution is -0.0612. The molecule has 1 heterocycles. The van der Waals surface area contributed by atoms with E-state index < -0.39 is 5.60 Å². The molecule has 1 aliphatic heterocycles. The molecule has 2 fully saturated rings. The fourth-order valence-electron chi connectivity index (χ4n) is 3.56. The van der Waals surface area contributed by atoms with E-state index in [-0.39, 0.29) is 0 Å². The summed E-state index contributed by atoms with van der Waals surface area (Å²) in [5.41, 5.74) is 13.6. The number of hydrogen-bond acceptors (Lipinski definition) is 4. The van der Waals surface area contributed by atoms with Crippen LogP contribution in [0.25, 0.3) is 0 Å². The lowest BCUT2D eigenvalue weighted by atomic mass is 9.71. The molecular weight excluding hydrogens is 238 g/mol. The number of nitrogens with zero attached hydrogens (tertiary/aromatic N) is 1. The number of anilines is 3. The van der Waals surface area contributed by atoms with Gasteiger partial charge in [-0.3, -0.25) is 0 Å². The molecule has 104 valence electrons. The van der Waals surface area contributed by atoms with Crippen LogP contribution in [-0.2, 0) is 0 Å². The molecule has 3 rings (SSSR count). The first-order valence-corrected chi connectivity index (χ1v) is 7.21. The highest BCUT2D eigenvalue weighted by molar-refractivity contribution is 5.70. The Bertz CT molecular complexity index is 476. The average molecular weight is 261 g/mol. The minimum absolute atomic E-state index is 0.397. The van der Waals surface area contributed by atoms with Gasteiger partial charge in [0.2, 0.25) is 0 Å². The van der Waals surface area contributed by atoms with Crippen molar-refractivity contribution in [2.75, 3.05) is 29.5 Å². The van der Waals surface area contributed by atoms with Crippen LogP contribution in [0, 0.1) is 5.92 Å². The third-order valence-corrected chi connectivity index (χ3v) is 4.86. The van der Waals surface area contributed by atoms with Gasteiger partial charge in [0.15, 0.2) is 0 Å². The van der Waals surface area contributed by atoms with E-state index in [1.54, 1.807) is 0 Å². The van der Waals surface area contributed by atoms with Gasteiger partial charge < -0.3 is 21.5 Å². The van der Waals surface area contributed by atoms with Gasteiger partial charge in [-0.05, 0) is 37.5 Å². The predicted molar refractivity (Wildman–Crippen MR) is 79.0 cm³/mol. The zero-order chi connectivity index (χ0) is 13.5. The number of hydrogen-bond donors (Lipinski definition) is 3. The standard InChI is InChI=1S/C15H23N3O/c16-13-5-4-12(9-14(13)17)18-8-7-15(19)6-2-1-3-11(15)10-18/h4-5,9,11,19H,1-3,6-8,10,16-17H2. The van der Waals surface area contributed by atoms with Crippen LogP contribution in [0.5, 0.6) is 0 Å². The second-order valence-corrected chi connectivity index (χ2v) is 6.06. The first-order valence-electron chi connectivity index (χ1n) is 7.21. The Hall–Kier alpha value is -1.42. The summed E-state index contributed by atoms with van der Waals surface area (Å²) in [6.07, 6.45) is 5.38. The maximum Gasteiger partial charge on any atom is 0.0709 e. The average Bonchev–Trinajstić information content (AvgIpc) is 2.41. The summed E-state index contributed by atoms with van der Waals surface area (Å²) >= 11 is 0. The molecule has 19 heavy (non-hydrogen) atoms. The van der Waals surface area contributed by atoms with Crippen LogP contribution < -0.4 is 16.4 Å². The fourth-order valence-corrected chi connectivity index (χ4v) is 3.56. The first-order chi connectivity index (χ1) is 9.08. The zero-order valence-corrected chi connectivity index (χ0v) is 11.3. The van der Waals surface area contributed by atoms with E-state index in [4.69, 9.17) is 11.5 Å². The molecule has 0 amide bonds. The number of fused-ring (bicyclic) bond motifs is 1. The lowest BCUT2D eigenvalue weighted by Gasteiger charge is -2.48. The van der Waals surface area contributed by atoms with Gasteiger partial charge in [0.1, 0.15) is 0 Å². The molecule has 0 aromatic heterocycles. The molecule has 2 atom stereocenters. The molecule has 1 aromatic carbocycles. The van der Waals surface area contributed by atoms with E-state index >= 15 is 0 Å². The van der Waals surface area contributed by atoms with E-state index in [1.165, 1.54) is 12.8 Å². The molecular formula is C15H23N3O. The highest BCUT2D eigenvalue weighted by Crippen LogP contribution is 2.41. The molecule has 0 spiro atoms. The molecule has 0 radical (unpaired) electrons. The Balaban J connectivity index is 1.78. The van der Waals surface area contributed by atoms with Gasteiger partial charge in [-0.15, -0.1) is 0 Å². The molecule has 1 aliphatic carbocycles. The summed E-state index contributed by atoms with van der Waals surface area (Å²) in [6.45, 7) is 1.83. The molecule has 4 nitrogen and oxygen atoms in total. The van der Waals surface area contributed by atoms with Gasteiger partial charge in [-0.2, -0.15) is 0 Å². The van der Waals surface area contributed by atoms with Gasteiger partial charge in [-0.25, -0.2) is 0 Å². The molecule has 2 unspecified atom stereocenters. The van der Waals surface area contributed by atoms with Crippen molar-refractivity contribution in [3.8, 4) is 0 Å².